The second-order valence-electron chi connectivity index (χ2n) is 3.38. The van der Waals surface area contributed by atoms with Gasteiger partial charge >= 0.3 is 0 Å². The molecule has 80 valence electrons. The molecule has 0 aliphatic rings. The highest BCUT2D eigenvalue weighted by Crippen LogP contribution is 2.28. The third-order valence-electron chi connectivity index (χ3n) is 2.28. The van der Waals surface area contributed by atoms with E-state index < -0.39 is 0 Å². The van der Waals surface area contributed by atoms with Gasteiger partial charge in [0.15, 0.2) is 0 Å². The van der Waals surface area contributed by atoms with Crippen LogP contribution in [-0.4, -0.2) is 9.38 Å². The van der Waals surface area contributed by atoms with Gasteiger partial charge < -0.3 is 4.40 Å². The number of aromatic nitrogens is 2. The fourth-order valence-corrected chi connectivity index (χ4v) is 2.42. The molecule has 0 unspecified atom stereocenters. The van der Waals surface area contributed by atoms with E-state index in [0.717, 1.165) is 21.2 Å². The molecule has 0 aliphatic heterocycles. The Morgan fingerprint density at radius 1 is 1.31 bits per heavy atom. The summed E-state index contributed by atoms with van der Waals surface area (Å²) in [6.07, 6.45) is 3.19. The van der Waals surface area contributed by atoms with Gasteiger partial charge in [-0.1, -0.05) is 11.6 Å². The molecule has 16 heavy (non-hydrogen) atoms. The zero-order chi connectivity index (χ0) is 11.1. The molecular weight excluding hydrogens is 247 g/mol. The van der Waals surface area contributed by atoms with E-state index in [2.05, 4.69) is 4.98 Å². The Kier molecular flexibility index (Phi) is 2.19. The first-order valence-corrected chi connectivity index (χ1v) is 5.87. The van der Waals surface area contributed by atoms with Crippen LogP contribution in [0.15, 0.2) is 36.0 Å². The van der Waals surface area contributed by atoms with Gasteiger partial charge in [0.2, 0.25) is 0 Å². The number of thiophene rings is 1. The van der Waals surface area contributed by atoms with Crippen molar-refractivity contribution in [2.45, 2.75) is 0 Å². The number of hydrogen-bond donors (Lipinski definition) is 0. The molecule has 3 heterocycles. The molecule has 2 nitrogen and oxygen atoms in total. The largest absolute Gasteiger partial charge is 0.304 e. The second kappa shape index (κ2) is 3.57. The molecule has 3 rings (SSSR count). The fraction of sp³-hybridized carbons (Fsp3) is 0. The molecule has 0 aliphatic carbocycles. The maximum absolute atomic E-state index is 13.0. The Bertz CT molecular complexity index is 659. The summed E-state index contributed by atoms with van der Waals surface area (Å²) < 4.78 is 15.4. The molecule has 3 aromatic heterocycles. The van der Waals surface area contributed by atoms with Crippen LogP contribution in [-0.2, 0) is 0 Å². The van der Waals surface area contributed by atoms with Crippen molar-refractivity contribution in [3.63, 3.8) is 0 Å². The highest BCUT2D eigenvalue weighted by atomic mass is 35.5. The minimum Gasteiger partial charge on any atom is -0.304 e. The van der Waals surface area contributed by atoms with Gasteiger partial charge in [0.1, 0.15) is 11.5 Å². The summed E-state index contributed by atoms with van der Waals surface area (Å²) in [5.74, 6) is -0.278. The number of hydrogen-bond acceptors (Lipinski definition) is 2. The molecule has 0 N–H and O–H groups in total. The van der Waals surface area contributed by atoms with E-state index in [4.69, 9.17) is 11.6 Å². The van der Waals surface area contributed by atoms with Gasteiger partial charge in [-0.2, -0.15) is 0 Å². The number of fused-ring (bicyclic) bond motifs is 1. The van der Waals surface area contributed by atoms with Gasteiger partial charge in [0, 0.05) is 23.3 Å². The fourth-order valence-electron chi connectivity index (χ4n) is 1.55. The molecule has 0 atom stereocenters. The summed E-state index contributed by atoms with van der Waals surface area (Å²) in [6.45, 7) is 0. The quantitative estimate of drug-likeness (QED) is 0.643. The Labute approximate surface area is 99.9 Å². The standard InChI is InChI=1S/C11H6ClFN2S/c12-10-3-7(6-16-10)9-5-15-4-8(13)1-2-11(15)14-9/h1-6H. The van der Waals surface area contributed by atoms with Gasteiger partial charge in [-0.25, -0.2) is 9.37 Å². The van der Waals surface area contributed by atoms with Gasteiger partial charge in [0.05, 0.1) is 10.0 Å². The summed E-state index contributed by atoms with van der Waals surface area (Å²) in [4.78, 5) is 4.38. The van der Waals surface area contributed by atoms with Crippen molar-refractivity contribution < 1.29 is 4.39 Å². The maximum Gasteiger partial charge on any atom is 0.139 e. The van der Waals surface area contributed by atoms with Crippen molar-refractivity contribution in [3.8, 4) is 11.3 Å². The van der Waals surface area contributed by atoms with Crippen molar-refractivity contribution in [2.75, 3.05) is 0 Å². The molecule has 3 aromatic rings. The Hall–Kier alpha value is -1.39. The smallest absolute Gasteiger partial charge is 0.139 e. The topological polar surface area (TPSA) is 17.3 Å². The molecule has 0 saturated heterocycles. The van der Waals surface area contributed by atoms with Crippen LogP contribution in [0.1, 0.15) is 0 Å². The van der Waals surface area contributed by atoms with E-state index in [1.165, 1.54) is 23.6 Å². The molecule has 0 fully saturated rings. The molecule has 0 amide bonds. The van der Waals surface area contributed by atoms with Crippen molar-refractivity contribution in [1.29, 1.82) is 0 Å². The lowest BCUT2D eigenvalue weighted by Crippen LogP contribution is -1.83. The number of halogens is 2. The van der Waals surface area contributed by atoms with Crippen molar-refractivity contribution in [2.24, 2.45) is 0 Å². The zero-order valence-corrected chi connectivity index (χ0v) is 9.60. The molecule has 0 bridgehead atoms. The molecule has 5 heteroatoms. The lowest BCUT2D eigenvalue weighted by molar-refractivity contribution is 0.619. The van der Waals surface area contributed by atoms with E-state index in [0.29, 0.717) is 0 Å². The van der Waals surface area contributed by atoms with E-state index in [1.807, 2.05) is 11.4 Å². The maximum atomic E-state index is 13.0. The minimum absolute atomic E-state index is 0.278. The van der Waals surface area contributed by atoms with Gasteiger partial charge in [-0.3, -0.25) is 0 Å². The van der Waals surface area contributed by atoms with Crippen molar-refractivity contribution in [3.05, 3.63) is 46.1 Å². The highest BCUT2D eigenvalue weighted by Gasteiger charge is 2.06. The first-order chi connectivity index (χ1) is 7.72. The van der Waals surface area contributed by atoms with E-state index in [-0.39, 0.29) is 5.82 Å². The Morgan fingerprint density at radius 3 is 2.94 bits per heavy atom. The van der Waals surface area contributed by atoms with Crippen LogP contribution < -0.4 is 0 Å². The minimum atomic E-state index is -0.278. The van der Waals surface area contributed by atoms with Gasteiger partial charge in [-0.05, 0) is 18.2 Å². The number of imidazole rings is 1. The third kappa shape index (κ3) is 1.60. The van der Waals surface area contributed by atoms with Crippen LogP contribution in [0.5, 0.6) is 0 Å². The predicted molar refractivity (Wildman–Crippen MR) is 63.5 cm³/mol. The van der Waals surface area contributed by atoms with Crippen LogP contribution >= 0.6 is 22.9 Å². The van der Waals surface area contributed by atoms with Gasteiger partial charge in [-0.15, -0.1) is 11.3 Å². The van der Waals surface area contributed by atoms with Crippen LogP contribution in [0.4, 0.5) is 4.39 Å². The van der Waals surface area contributed by atoms with Crippen molar-refractivity contribution in [1.82, 2.24) is 9.38 Å². The van der Waals surface area contributed by atoms with E-state index in [9.17, 15) is 4.39 Å². The van der Waals surface area contributed by atoms with E-state index in [1.54, 1.807) is 16.7 Å². The van der Waals surface area contributed by atoms with Crippen LogP contribution in [0, 0.1) is 5.82 Å². The van der Waals surface area contributed by atoms with Crippen LogP contribution in [0.3, 0.4) is 0 Å². The monoisotopic (exact) mass is 252 g/mol. The summed E-state index contributed by atoms with van der Waals surface area (Å²) in [6, 6.07) is 4.89. The SMILES string of the molecule is Fc1ccc2nc(-c3csc(Cl)c3)cn2c1. The van der Waals surface area contributed by atoms with Crippen LogP contribution in [0.25, 0.3) is 16.9 Å². The molecular formula is C11H6ClFN2S. The lowest BCUT2D eigenvalue weighted by Gasteiger charge is -1.90. The lowest BCUT2D eigenvalue weighted by atomic mass is 10.3. The number of pyridine rings is 1. The molecule has 0 radical (unpaired) electrons. The summed E-state index contributed by atoms with van der Waals surface area (Å²) in [5, 5.41) is 1.93. The third-order valence-corrected chi connectivity index (χ3v) is 3.37. The van der Waals surface area contributed by atoms with Gasteiger partial charge in [0.25, 0.3) is 0 Å². The van der Waals surface area contributed by atoms with Crippen molar-refractivity contribution >= 4 is 28.6 Å². The summed E-state index contributed by atoms with van der Waals surface area (Å²) >= 11 is 7.31. The van der Waals surface area contributed by atoms with Crippen LogP contribution in [0.2, 0.25) is 4.34 Å². The molecule has 0 saturated carbocycles. The average molecular weight is 253 g/mol. The highest BCUT2D eigenvalue weighted by molar-refractivity contribution is 7.14. The molecule has 0 spiro atoms. The first-order valence-electron chi connectivity index (χ1n) is 4.61. The first kappa shape index (κ1) is 9.81. The average Bonchev–Trinajstić information content (AvgIpc) is 2.83. The predicted octanol–water partition coefficient (Wildman–Crippen LogP) is 3.86. The summed E-state index contributed by atoms with van der Waals surface area (Å²) in [7, 11) is 0. The Balaban J connectivity index is 2.18. The normalized spacial score (nSPS) is 11.1. The van der Waals surface area contributed by atoms with E-state index >= 15 is 0 Å². The summed E-state index contributed by atoms with van der Waals surface area (Å²) in [5.41, 5.74) is 2.48. The number of nitrogens with zero attached hydrogens (tertiary/aromatic N) is 2. The second-order valence-corrected chi connectivity index (χ2v) is 4.92. The zero-order valence-electron chi connectivity index (χ0n) is 8.02. The number of rotatable bonds is 1. The Morgan fingerprint density at radius 2 is 2.19 bits per heavy atom. The molecule has 0 aromatic carbocycles.